The lowest BCUT2D eigenvalue weighted by atomic mass is 10.1. The smallest absolute Gasteiger partial charge is 0.264 e. The largest absolute Gasteiger partial charge is 0.365 e. The normalized spacial score (nSPS) is 17.5. The SMILES string of the molecule is C[C@H](OC1CCCCCC1)C(=O)NS(=O)(=O)c1ccc(C#N)cc1. The molecule has 0 aromatic heterocycles. The van der Waals surface area contributed by atoms with Gasteiger partial charge in [0.15, 0.2) is 0 Å². The van der Waals surface area contributed by atoms with Gasteiger partial charge < -0.3 is 4.74 Å². The van der Waals surface area contributed by atoms with Gasteiger partial charge in [-0.1, -0.05) is 25.7 Å². The summed E-state index contributed by atoms with van der Waals surface area (Å²) in [4.78, 5) is 12.1. The van der Waals surface area contributed by atoms with E-state index in [1.165, 1.54) is 37.1 Å². The van der Waals surface area contributed by atoms with Gasteiger partial charge in [0.25, 0.3) is 15.9 Å². The predicted molar refractivity (Wildman–Crippen MR) is 88.5 cm³/mol. The molecular weight excluding hydrogens is 328 g/mol. The summed E-state index contributed by atoms with van der Waals surface area (Å²) < 4.78 is 32.2. The number of nitrogens with zero attached hydrogens (tertiary/aromatic N) is 1. The van der Waals surface area contributed by atoms with Gasteiger partial charge in [0.1, 0.15) is 6.10 Å². The van der Waals surface area contributed by atoms with Crippen molar-refractivity contribution in [2.75, 3.05) is 0 Å². The second-order valence-corrected chi connectivity index (χ2v) is 7.68. The fourth-order valence-electron chi connectivity index (χ4n) is 2.71. The van der Waals surface area contributed by atoms with Crippen molar-refractivity contribution in [3.63, 3.8) is 0 Å². The van der Waals surface area contributed by atoms with Gasteiger partial charge in [-0.3, -0.25) is 4.79 Å². The highest BCUT2D eigenvalue weighted by molar-refractivity contribution is 7.90. The van der Waals surface area contributed by atoms with Crippen LogP contribution in [0, 0.1) is 11.3 Å². The van der Waals surface area contributed by atoms with Crippen LogP contribution in [0.25, 0.3) is 0 Å². The first-order valence-corrected chi connectivity index (χ1v) is 9.63. The molecule has 1 N–H and O–H groups in total. The lowest BCUT2D eigenvalue weighted by Crippen LogP contribution is -2.40. The molecule has 1 aliphatic rings. The number of ether oxygens (including phenoxy) is 1. The first-order chi connectivity index (χ1) is 11.4. The number of carbonyl (C=O) groups excluding carboxylic acids is 1. The molecule has 1 aliphatic carbocycles. The van der Waals surface area contributed by atoms with Crippen LogP contribution in [0.2, 0.25) is 0 Å². The zero-order valence-electron chi connectivity index (χ0n) is 13.7. The van der Waals surface area contributed by atoms with Crippen LogP contribution in [0.15, 0.2) is 29.2 Å². The van der Waals surface area contributed by atoms with E-state index in [0.29, 0.717) is 5.56 Å². The number of hydrogen-bond donors (Lipinski definition) is 1. The molecule has 0 radical (unpaired) electrons. The molecule has 0 bridgehead atoms. The van der Waals surface area contributed by atoms with E-state index in [9.17, 15) is 13.2 Å². The van der Waals surface area contributed by atoms with Crippen LogP contribution in [-0.2, 0) is 19.6 Å². The summed E-state index contributed by atoms with van der Waals surface area (Å²) >= 11 is 0. The standard InChI is InChI=1S/C17H22N2O4S/c1-13(23-15-6-4-2-3-5-7-15)17(20)19-24(21,22)16-10-8-14(12-18)9-11-16/h8-11,13,15H,2-7H2,1H3,(H,19,20)/t13-/m0/s1. The van der Waals surface area contributed by atoms with Crippen LogP contribution in [0.4, 0.5) is 0 Å². The zero-order valence-corrected chi connectivity index (χ0v) is 14.5. The van der Waals surface area contributed by atoms with Gasteiger partial charge in [-0.15, -0.1) is 0 Å². The van der Waals surface area contributed by atoms with E-state index in [2.05, 4.69) is 0 Å². The van der Waals surface area contributed by atoms with Crippen molar-refractivity contribution in [1.29, 1.82) is 5.26 Å². The minimum atomic E-state index is -3.97. The quantitative estimate of drug-likeness (QED) is 0.823. The van der Waals surface area contributed by atoms with E-state index in [-0.39, 0.29) is 11.0 Å². The Bertz CT molecular complexity index is 699. The van der Waals surface area contributed by atoms with Gasteiger partial charge in [-0.25, -0.2) is 13.1 Å². The minimum Gasteiger partial charge on any atom is -0.365 e. The van der Waals surface area contributed by atoms with Crippen molar-refractivity contribution in [2.45, 2.75) is 62.6 Å². The monoisotopic (exact) mass is 350 g/mol. The average Bonchev–Trinajstić information content (AvgIpc) is 2.83. The third kappa shape index (κ3) is 5.05. The number of amides is 1. The van der Waals surface area contributed by atoms with Crippen LogP contribution >= 0.6 is 0 Å². The zero-order chi connectivity index (χ0) is 17.6. The molecule has 6 nitrogen and oxygen atoms in total. The minimum absolute atomic E-state index is 0.00543. The molecule has 24 heavy (non-hydrogen) atoms. The summed E-state index contributed by atoms with van der Waals surface area (Å²) in [5, 5.41) is 8.74. The molecule has 1 atom stereocenters. The lowest BCUT2D eigenvalue weighted by Gasteiger charge is -2.20. The number of rotatable bonds is 5. The highest BCUT2D eigenvalue weighted by Gasteiger charge is 2.25. The van der Waals surface area contributed by atoms with Crippen LogP contribution in [0.3, 0.4) is 0 Å². The molecular formula is C17H22N2O4S. The Morgan fingerprint density at radius 3 is 2.33 bits per heavy atom. The average molecular weight is 350 g/mol. The lowest BCUT2D eigenvalue weighted by molar-refractivity contribution is -0.133. The van der Waals surface area contributed by atoms with Crippen molar-refractivity contribution < 1.29 is 17.9 Å². The van der Waals surface area contributed by atoms with Gasteiger partial charge in [0.05, 0.1) is 22.6 Å². The number of nitrogens with one attached hydrogen (secondary N) is 1. The Labute approximate surface area is 142 Å². The maximum absolute atomic E-state index is 12.2. The van der Waals surface area contributed by atoms with Gasteiger partial charge in [-0.2, -0.15) is 5.26 Å². The number of benzene rings is 1. The van der Waals surface area contributed by atoms with Crippen molar-refractivity contribution in [3.05, 3.63) is 29.8 Å². The topological polar surface area (TPSA) is 96.3 Å². The molecule has 2 rings (SSSR count). The van der Waals surface area contributed by atoms with Crippen LogP contribution in [0.5, 0.6) is 0 Å². The molecule has 0 unspecified atom stereocenters. The molecule has 1 fully saturated rings. The van der Waals surface area contributed by atoms with Gasteiger partial charge in [0.2, 0.25) is 0 Å². The maximum Gasteiger partial charge on any atom is 0.264 e. The predicted octanol–water partition coefficient (Wildman–Crippen LogP) is 2.49. The summed E-state index contributed by atoms with van der Waals surface area (Å²) in [6.45, 7) is 1.56. The summed E-state index contributed by atoms with van der Waals surface area (Å²) in [5.74, 6) is -0.677. The fourth-order valence-corrected chi connectivity index (χ4v) is 3.75. The molecule has 0 spiro atoms. The Morgan fingerprint density at radius 2 is 1.79 bits per heavy atom. The van der Waals surface area contributed by atoms with E-state index < -0.39 is 22.0 Å². The second kappa shape index (κ2) is 8.27. The second-order valence-electron chi connectivity index (χ2n) is 6.00. The van der Waals surface area contributed by atoms with Gasteiger partial charge >= 0.3 is 0 Å². The Hall–Kier alpha value is -1.91. The van der Waals surface area contributed by atoms with Gasteiger partial charge in [0, 0.05) is 0 Å². The summed E-state index contributed by atoms with van der Waals surface area (Å²) in [6.07, 6.45) is 5.47. The van der Waals surface area contributed by atoms with Gasteiger partial charge in [-0.05, 0) is 44.0 Å². The molecule has 7 heteroatoms. The van der Waals surface area contributed by atoms with Crippen LogP contribution in [0.1, 0.15) is 51.0 Å². The molecule has 1 aromatic rings. The highest BCUT2D eigenvalue weighted by Crippen LogP contribution is 2.21. The third-order valence-corrected chi connectivity index (χ3v) is 5.46. The maximum atomic E-state index is 12.2. The molecule has 0 saturated heterocycles. The molecule has 0 heterocycles. The fraction of sp³-hybridized carbons (Fsp3) is 0.529. The third-order valence-electron chi connectivity index (χ3n) is 4.10. The first-order valence-electron chi connectivity index (χ1n) is 8.14. The molecule has 1 aromatic carbocycles. The van der Waals surface area contributed by atoms with E-state index in [4.69, 9.17) is 10.00 Å². The van der Waals surface area contributed by atoms with E-state index in [1.807, 2.05) is 10.8 Å². The number of sulfonamides is 1. The summed E-state index contributed by atoms with van der Waals surface area (Å²) in [7, 11) is -3.97. The molecule has 1 amide bonds. The Morgan fingerprint density at radius 1 is 1.21 bits per heavy atom. The van der Waals surface area contributed by atoms with Crippen molar-refractivity contribution >= 4 is 15.9 Å². The van der Waals surface area contributed by atoms with E-state index in [0.717, 1.165) is 25.7 Å². The Kier molecular flexibility index (Phi) is 6.35. The van der Waals surface area contributed by atoms with Crippen molar-refractivity contribution in [2.24, 2.45) is 0 Å². The summed E-state index contributed by atoms with van der Waals surface area (Å²) in [6, 6.07) is 7.29. The first kappa shape index (κ1) is 18.4. The summed E-state index contributed by atoms with van der Waals surface area (Å²) in [5.41, 5.74) is 0.352. The molecule has 130 valence electrons. The number of nitriles is 1. The van der Waals surface area contributed by atoms with Crippen molar-refractivity contribution in [1.82, 2.24) is 4.72 Å². The van der Waals surface area contributed by atoms with Crippen molar-refractivity contribution in [3.8, 4) is 6.07 Å². The number of carbonyl (C=O) groups is 1. The Balaban J connectivity index is 1.97. The van der Waals surface area contributed by atoms with E-state index >= 15 is 0 Å². The molecule has 1 saturated carbocycles. The van der Waals surface area contributed by atoms with Crippen LogP contribution < -0.4 is 4.72 Å². The molecule has 0 aliphatic heterocycles. The number of hydrogen-bond acceptors (Lipinski definition) is 5. The van der Waals surface area contributed by atoms with E-state index in [1.54, 1.807) is 6.92 Å². The highest BCUT2D eigenvalue weighted by atomic mass is 32.2. The van der Waals surface area contributed by atoms with Crippen LogP contribution in [-0.4, -0.2) is 26.5 Å².